The molecule has 25 heavy (non-hydrogen) atoms. The molecule has 7 nitrogen and oxygen atoms in total. The molecule has 0 unspecified atom stereocenters. The molecule has 1 fully saturated rings. The number of carboxylic acids is 1. The lowest BCUT2D eigenvalue weighted by Crippen LogP contribution is -2.40. The van der Waals surface area contributed by atoms with Crippen LogP contribution in [0.3, 0.4) is 0 Å². The molecule has 1 aliphatic heterocycles. The van der Waals surface area contributed by atoms with Gasteiger partial charge in [-0.25, -0.2) is 14.2 Å². The first kappa shape index (κ1) is 17.2. The SMILES string of the molecule is Cc1ccc(C)c(-n2c(=O)[nH]c(C(=O)O)c(CN3CCCC3)c2=O)c1. The summed E-state index contributed by atoms with van der Waals surface area (Å²) in [5, 5.41) is 9.41. The van der Waals surface area contributed by atoms with Crippen LogP contribution in [0.15, 0.2) is 27.8 Å². The Labute approximate surface area is 144 Å². The van der Waals surface area contributed by atoms with E-state index in [0.29, 0.717) is 5.69 Å². The van der Waals surface area contributed by atoms with Crippen molar-refractivity contribution in [1.29, 1.82) is 0 Å². The second-order valence-electron chi connectivity index (χ2n) is 6.50. The third kappa shape index (κ3) is 3.28. The molecule has 2 heterocycles. The Hall–Kier alpha value is -2.67. The van der Waals surface area contributed by atoms with Crippen LogP contribution in [0.1, 0.15) is 40.0 Å². The van der Waals surface area contributed by atoms with E-state index in [1.165, 1.54) is 0 Å². The second kappa shape index (κ2) is 6.68. The van der Waals surface area contributed by atoms with Crippen molar-refractivity contribution >= 4 is 5.97 Å². The van der Waals surface area contributed by atoms with Crippen molar-refractivity contribution < 1.29 is 9.90 Å². The summed E-state index contributed by atoms with van der Waals surface area (Å²) in [5.74, 6) is -1.29. The number of nitrogens with zero attached hydrogens (tertiary/aromatic N) is 2. The first-order valence-corrected chi connectivity index (χ1v) is 8.30. The molecule has 132 valence electrons. The van der Waals surface area contributed by atoms with E-state index in [-0.39, 0.29) is 17.8 Å². The Morgan fingerprint density at radius 2 is 1.88 bits per heavy atom. The molecule has 2 aromatic rings. The lowest BCUT2D eigenvalue weighted by Gasteiger charge is -2.17. The van der Waals surface area contributed by atoms with E-state index in [4.69, 9.17) is 0 Å². The van der Waals surface area contributed by atoms with Gasteiger partial charge in [0.25, 0.3) is 5.56 Å². The van der Waals surface area contributed by atoms with Gasteiger partial charge in [0.05, 0.1) is 11.3 Å². The van der Waals surface area contributed by atoms with Crippen molar-refractivity contribution in [1.82, 2.24) is 14.5 Å². The number of H-pyrrole nitrogens is 1. The Balaban J connectivity index is 2.23. The van der Waals surface area contributed by atoms with E-state index < -0.39 is 17.2 Å². The minimum absolute atomic E-state index is 0.120. The minimum atomic E-state index is -1.29. The Bertz CT molecular complexity index is 936. The van der Waals surface area contributed by atoms with Gasteiger partial charge in [-0.3, -0.25) is 9.69 Å². The summed E-state index contributed by atoms with van der Waals surface area (Å²) in [5.41, 5.74) is 0.663. The van der Waals surface area contributed by atoms with E-state index in [2.05, 4.69) is 4.98 Å². The molecule has 3 rings (SSSR count). The number of hydrogen-bond donors (Lipinski definition) is 2. The van der Waals surface area contributed by atoms with Crippen LogP contribution in [0.5, 0.6) is 0 Å². The molecular weight excluding hydrogens is 322 g/mol. The van der Waals surface area contributed by atoms with Gasteiger partial charge in [0.2, 0.25) is 0 Å². The van der Waals surface area contributed by atoms with E-state index in [0.717, 1.165) is 41.6 Å². The summed E-state index contributed by atoms with van der Waals surface area (Å²) in [7, 11) is 0. The molecule has 0 atom stereocenters. The van der Waals surface area contributed by atoms with Gasteiger partial charge in [0, 0.05) is 6.54 Å². The number of hydrogen-bond acceptors (Lipinski definition) is 4. The first-order valence-electron chi connectivity index (χ1n) is 8.30. The molecule has 1 aliphatic rings. The van der Waals surface area contributed by atoms with Crippen LogP contribution in [-0.4, -0.2) is 38.6 Å². The second-order valence-corrected chi connectivity index (χ2v) is 6.50. The number of aryl methyl sites for hydroxylation is 2. The summed E-state index contributed by atoms with van der Waals surface area (Å²) in [6.07, 6.45) is 2.05. The Morgan fingerprint density at radius 3 is 2.52 bits per heavy atom. The number of nitrogens with one attached hydrogen (secondary N) is 1. The maximum atomic E-state index is 13.0. The zero-order chi connectivity index (χ0) is 18.1. The summed E-state index contributed by atoms with van der Waals surface area (Å²) in [6.45, 7) is 5.55. The quantitative estimate of drug-likeness (QED) is 0.876. The molecule has 0 bridgehead atoms. The number of rotatable bonds is 4. The molecule has 2 N–H and O–H groups in total. The highest BCUT2D eigenvalue weighted by Crippen LogP contribution is 2.15. The van der Waals surface area contributed by atoms with Gasteiger partial charge in [-0.05, 0) is 57.0 Å². The third-order valence-corrected chi connectivity index (χ3v) is 4.60. The van der Waals surface area contributed by atoms with Crippen molar-refractivity contribution in [2.75, 3.05) is 13.1 Å². The first-order chi connectivity index (χ1) is 11.9. The molecular formula is C18H21N3O4. The standard InChI is InChI=1S/C18H21N3O4/c1-11-5-6-12(2)14(9-11)21-16(22)13(10-20-7-3-4-8-20)15(17(23)24)19-18(21)25/h5-6,9H,3-4,7-8,10H2,1-2H3,(H,19,25)(H,23,24). The van der Waals surface area contributed by atoms with Crippen LogP contribution >= 0.6 is 0 Å². The van der Waals surface area contributed by atoms with E-state index in [1.54, 1.807) is 6.07 Å². The fourth-order valence-electron chi connectivity index (χ4n) is 3.25. The van der Waals surface area contributed by atoms with E-state index in [9.17, 15) is 19.5 Å². The van der Waals surface area contributed by atoms with Crippen molar-refractivity contribution in [2.45, 2.75) is 33.2 Å². The topological polar surface area (TPSA) is 95.4 Å². The Morgan fingerprint density at radius 1 is 1.20 bits per heavy atom. The molecule has 0 saturated carbocycles. The monoisotopic (exact) mass is 343 g/mol. The van der Waals surface area contributed by atoms with Crippen molar-refractivity contribution in [2.24, 2.45) is 0 Å². The van der Waals surface area contributed by atoms with Gasteiger partial charge in [0.15, 0.2) is 0 Å². The van der Waals surface area contributed by atoms with Crippen LogP contribution in [0.4, 0.5) is 0 Å². The van der Waals surface area contributed by atoms with Crippen molar-refractivity contribution in [3.8, 4) is 5.69 Å². The number of likely N-dealkylation sites (tertiary alicyclic amines) is 1. The third-order valence-electron chi connectivity index (χ3n) is 4.60. The highest BCUT2D eigenvalue weighted by molar-refractivity contribution is 5.86. The number of benzene rings is 1. The number of carboxylic acid groups (broad SMARTS) is 1. The lowest BCUT2D eigenvalue weighted by molar-refractivity contribution is 0.0687. The largest absolute Gasteiger partial charge is 0.477 e. The molecule has 7 heteroatoms. The zero-order valence-electron chi connectivity index (χ0n) is 14.3. The zero-order valence-corrected chi connectivity index (χ0v) is 14.3. The van der Waals surface area contributed by atoms with Crippen molar-refractivity contribution in [3.63, 3.8) is 0 Å². The molecule has 0 aliphatic carbocycles. The van der Waals surface area contributed by atoms with Crippen LogP contribution in [0.2, 0.25) is 0 Å². The van der Waals surface area contributed by atoms with Crippen LogP contribution in [0.25, 0.3) is 5.69 Å². The van der Waals surface area contributed by atoms with Crippen LogP contribution in [-0.2, 0) is 6.54 Å². The van der Waals surface area contributed by atoms with Crippen LogP contribution in [0, 0.1) is 13.8 Å². The minimum Gasteiger partial charge on any atom is -0.477 e. The molecule has 0 amide bonds. The van der Waals surface area contributed by atoms with Crippen LogP contribution < -0.4 is 11.2 Å². The average molecular weight is 343 g/mol. The van der Waals surface area contributed by atoms with E-state index >= 15 is 0 Å². The molecule has 1 aromatic heterocycles. The van der Waals surface area contributed by atoms with Gasteiger partial charge in [-0.2, -0.15) is 0 Å². The lowest BCUT2D eigenvalue weighted by atomic mass is 10.1. The van der Waals surface area contributed by atoms with Gasteiger partial charge in [-0.15, -0.1) is 0 Å². The van der Waals surface area contributed by atoms with Gasteiger partial charge < -0.3 is 10.1 Å². The summed E-state index contributed by atoms with van der Waals surface area (Å²) in [4.78, 5) is 41.4. The summed E-state index contributed by atoms with van der Waals surface area (Å²) < 4.78 is 1.04. The highest BCUT2D eigenvalue weighted by Gasteiger charge is 2.23. The number of carbonyl (C=O) groups is 1. The fraction of sp³-hybridized carbons (Fsp3) is 0.389. The Kier molecular flexibility index (Phi) is 4.59. The van der Waals surface area contributed by atoms with Crippen molar-refractivity contribution in [3.05, 3.63) is 61.4 Å². The normalized spacial score (nSPS) is 14.8. The highest BCUT2D eigenvalue weighted by atomic mass is 16.4. The number of aromatic carboxylic acids is 1. The number of aromatic nitrogens is 2. The van der Waals surface area contributed by atoms with Gasteiger partial charge >= 0.3 is 11.7 Å². The predicted octanol–water partition coefficient (Wildman–Crippen LogP) is 1.44. The number of aromatic amines is 1. The maximum Gasteiger partial charge on any atom is 0.352 e. The smallest absolute Gasteiger partial charge is 0.352 e. The fourth-order valence-corrected chi connectivity index (χ4v) is 3.25. The molecule has 1 saturated heterocycles. The van der Waals surface area contributed by atoms with Gasteiger partial charge in [-0.1, -0.05) is 12.1 Å². The van der Waals surface area contributed by atoms with E-state index in [1.807, 2.05) is 30.9 Å². The maximum absolute atomic E-state index is 13.0. The molecule has 1 aromatic carbocycles. The summed E-state index contributed by atoms with van der Waals surface area (Å²) >= 11 is 0. The van der Waals surface area contributed by atoms with Gasteiger partial charge in [0.1, 0.15) is 5.69 Å². The summed E-state index contributed by atoms with van der Waals surface area (Å²) in [6, 6.07) is 5.49. The predicted molar refractivity (Wildman–Crippen MR) is 93.6 cm³/mol. The molecule has 0 radical (unpaired) electrons. The average Bonchev–Trinajstić information content (AvgIpc) is 3.06. The molecule has 0 spiro atoms.